The van der Waals surface area contributed by atoms with Crippen molar-refractivity contribution < 1.29 is 13.2 Å². The molecule has 0 aliphatic carbocycles. The van der Waals surface area contributed by atoms with Crippen molar-refractivity contribution in [3.63, 3.8) is 0 Å². The van der Waals surface area contributed by atoms with Crippen molar-refractivity contribution in [3.05, 3.63) is 52.5 Å². The van der Waals surface area contributed by atoms with Gasteiger partial charge in [-0.2, -0.15) is 0 Å². The summed E-state index contributed by atoms with van der Waals surface area (Å²) in [4.78, 5) is 12.1. The van der Waals surface area contributed by atoms with Crippen molar-refractivity contribution in [1.82, 2.24) is 0 Å². The van der Waals surface area contributed by atoms with Gasteiger partial charge in [-0.25, -0.2) is 8.42 Å². The van der Waals surface area contributed by atoms with E-state index in [0.717, 1.165) is 6.26 Å². The van der Waals surface area contributed by atoms with Crippen molar-refractivity contribution in [2.45, 2.75) is 4.90 Å². The summed E-state index contributed by atoms with van der Waals surface area (Å²) in [6.07, 6.45) is 1.11. The van der Waals surface area contributed by atoms with Gasteiger partial charge in [-0.05, 0) is 36.4 Å². The molecule has 0 aliphatic rings. The smallest absolute Gasteiger partial charge is 0.243 e. The molecule has 0 atom stereocenters. The predicted octanol–water partition coefficient (Wildman–Crippen LogP) is 3.45. The second-order valence-corrected chi connectivity index (χ2v) is 7.66. The molecule has 2 aromatic rings. The molecular formula is C15H14Cl2N2O3S. The van der Waals surface area contributed by atoms with Crippen molar-refractivity contribution in [2.75, 3.05) is 23.4 Å². The van der Waals surface area contributed by atoms with Crippen LogP contribution in [0.5, 0.6) is 0 Å². The van der Waals surface area contributed by atoms with E-state index in [1.54, 1.807) is 30.3 Å². The van der Waals surface area contributed by atoms with Crippen LogP contribution in [0.15, 0.2) is 47.4 Å². The van der Waals surface area contributed by atoms with E-state index in [4.69, 9.17) is 23.2 Å². The monoisotopic (exact) mass is 372 g/mol. The Labute approximate surface area is 144 Å². The normalized spacial score (nSPS) is 11.1. The Kier molecular flexibility index (Phi) is 5.51. The molecule has 0 unspecified atom stereocenters. The average molecular weight is 373 g/mol. The maximum atomic E-state index is 11.9. The number of halogens is 2. The number of amides is 1. The molecule has 23 heavy (non-hydrogen) atoms. The molecule has 0 aromatic heterocycles. The summed E-state index contributed by atoms with van der Waals surface area (Å²) in [6.45, 7) is 0.00106. The van der Waals surface area contributed by atoms with Gasteiger partial charge in [0.1, 0.15) is 0 Å². The van der Waals surface area contributed by atoms with Crippen LogP contribution in [0.4, 0.5) is 11.4 Å². The molecule has 2 N–H and O–H groups in total. The van der Waals surface area contributed by atoms with E-state index < -0.39 is 9.84 Å². The Balaban J connectivity index is 1.98. The van der Waals surface area contributed by atoms with E-state index in [1.807, 2.05) is 0 Å². The van der Waals surface area contributed by atoms with E-state index in [2.05, 4.69) is 10.6 Å². The van der Waals surface area contributed by atoms with Gasteiger partial charge in [-0.3, -0.25) is 4.79 Å². The fourth-order valence-electron chi connectivity index (χ4n) is 1.80. The molecule has 0 saturated heterocycles. The molecule has 8 heteroatoms. The molecule has 5 nitrogen and oxygen atoms in total. The molecule has 0 aliphatic heterocycles. The Bertz CT molecular complexity index is 838. The average Bonchev–Trinajstić information content (AvgIpc) is 2.48. The fourth-order valence-corrected chi connectivity index (χ4v) is 2.76. The van der Waals surface area contributed by atoms with E-state index in [-0.39, 0.29) is 17.3 Å². The van der Waals surface area contributed by atoms with Gasteiger partial charge in [0, 0.05) is 17.6 Å². The molecule has 0 fully saturated rings. The molecule has 0 saturated carbocycles. The minimum absolute atomic E-state index is 0.00106. The summed E-state index contributed by atoms with van der Waals surface area (Å²) < 4.78 is 23.0. The quantitative estimate of drug-likeness (QED) is 0.842. The molecule has 122 valence electrons. The Hall–Kier alpha value is -1.76. The van der Waals surface area contributed by atoms with Gasteiger partial charge >= 0.3 is 0 Å². The highest BCUT2D eigenvalue weighted by atomic mass is 35.5. The third kappa shape index (κ3) is 5.13. The van der Waals surface area contributed by atoms with E-state index in [1.165, 1.54) is 12.1 Å². The van der Waals surface area contributed by atoms with Gasteiger partial charge < -0.3 is 10.6 Å². The van der Waals surface area contributed by atoms with Crippen LogP contribution in [-0.2, 0) is 14.6 Å². The first-order chi connectivity index (χ1) is 10.8. The number of carbonyl (C=O) groups is 1. The second kappa shape index (κ2) is 7.21. The molecule has 2 aromatic carbocycles. The number of sulfone groups is 1. The minimum atomic E-state index is -3.32. The van der Waals surface area contributed by atoms with Crippen molar-refractivity contribution >= 4 is 50.3 Å². The first kappa shape index (κ1) is 17.6. The van der Waals surface area contributed by atoms with Crippen molar-refractivity contribution in [3.8, 4) is 0 Å². The second-order valence-electron chi connectivity index (χ2n) is 4.83. The molecule has 0 radical (unpaired) electrons. The lowest BCUT2D eigenvalue weighted by molar-refractivity contribution is -0.114. The Morgan fingerprint density at radius 1 is 1.04 bits per heavy atom. The molecule has 0 heterocycles. The van der Waals surface area contributed by atoms with Crippen LogP contribution in [0.2, 0.25) is 10.0 Å². The van der Waals surface area contributed by atoms with Crippen LogP contribution in [0.25, 0.3) is 0 Å². The SMILES string of the molecule is CS(=O)(=O)c1cccc(NC(=O)CNc2ccc(Cl)c(Cl)c2)c1. The van der Waals surface area contributed by atoms with Gasteiger partial charge in [0.25, 0.3) is 0 Å². The summed E-state index contributed by atoms with van der Waals surface area (Å²) in [5.41, 5.74) is 1.06. The third-order valence-corrected chi connectivity index (χ3v) is 4.77. The highest BCUT2D eigenvalue weighted by Gasteiger charge is 2.09. The number of benzene rings is 2. The van der Waals surface area contributed by atoms with Crippen LogP contribution in [-0.4, -0.2) is 27.1 Å². The zero-order chi connectivity index (χ0) is 17.0. The lowest BCUT2D eigenvalue weighted by Crippen LogP contribution is -2.21. The van der Waals surface area contributed by atoms with E-state index >= 15 is 0 Å². The molecule has 0 spiro atoms. The summed E-state index contributed by atoms with van der Waals surface area (Å²) in [7, 11) is -3.32. The Morgan fingerprint density at radius 2 is 1.78 bits per heavy atom. The predicted molar refractivity (Wildman–Crippen MR) is 93.1 cm³/mol. The molecular weight excluding hydrogens is 359 g/mol. The van der Waals surface area contributed by atoms with Crippen LogP contribution in [0.3, 0.4) is 0 Å². The maximum Gasteiger partial charge on any atom is 0.243 e. The number of carbonyl (C=O) groups excluding carboxylic acids is 1. The number of hydrogen-bond acceptors (Lipinski definition) is 4. The van der Waals surface area contributed by atoms with Crippen molar-refractivity contribution in [1.29, 1.82) is 0 Å². The third-order valence-electron chi connectivity index (χ3n) is 2.92. The zero-order valence-electron chi connectivity index (χ0n) is 12.1. The topological polar surface area (TPSA) is 75.3 Å². The van der Waals surface area contributed by atoms with Crippen LogP contribution < -0.4 is 10.6 Å². The van der Waals surface area contributed by atoms with Gasteiger partial charge in [0.05, 0.1) is 21.5 Å². The first-order valence-electron chi connectivity index (χ1n) is 6.54. The summed E-state index contributed by atoms with van der Waals surface area (Å²) in [6, 6.07) is 11.0. The number of nitrogens with one attached hydrogen (secondary N) is 2. The van der Waals surface area contributed by atoms with Crippen molar-refractivity contribution in [2.24, 2.45) is 0 Å². The Morgan fingerprint density at radius 3 is 2.43 bits per heavy atom. The number of anilines is 2. The summed E-state index contributed by atoms with van der Waals surface area (Å²) in [5.74, 6) is -0.318. The highest BCUT2D eigenvalue weighted by molar-refractivity contribution is 7.90. The lowest BCUT2D eigenvalue weighted by Gasteiger charge is -2.09. The van der Waals surface area contributed by atoms with Crippen LogP contribution in [0, 0.1) is 0 Å². The number of hydrogen-bond donors (Lipinski definition) is 2. The van der Waals surface area contributed by atoms with E-state index in [0.29, 0.717) is 21.4 Å². The standard InChI is InChI=1S/C15H14Cl2N2O3S/c1-23(21,22)12-4-2-3-11(7-12)19-15(20)9-18-10-5-6-13(16)14(17)8-10/h2-8,18H,9H2,1H3,(H,19,20). The largest absolute Gasteiger partial charge is 0.376 e. The van der Waals surface area contributed by atoms with Gasteiger partial charge in [-0.15, -0.1) is 0 Å². The molecule has 1 amide bonds. The summed E-state index contributed by atoms with van der Waals surface area (Å²) >= 11 is 11.7. The summed E-state index contributed by atoms with van der Waals surface area (Å²) in [5, 5.41) is 6.35. The van der Waals surface area contributed by atoms with Gasteiger partial charge in [0.2, 0.25) is 5.91 Å². The van der Waals surface area contributed by atoms with Crippen LogP contribution in [0.1, 0.15) is 0 Å². The van der Waals surface area contributed by atoms with Gasteiger partial charge in [-0.1, -0.05) is 29.3 Å². The molecule has 2 rings (SSSR count). The molecule has 0 bridgehead atoms. The number of rotatable bonds is 5. The minimum Gasteiger partial charge on any atom is -0.376 e. The maximum absolute atomic E-state index is 11.9. The van der Waals surface area contributed by atoms with Gasteiger partial charge in [0.15, 0.2) is 9.84 Å². The first-order valence-corrected chi connectivity index (χ1v) is 9.19. The van der Waals surface area contributed by atoms with Crippen LogP contribution >= 0.6 is 23.2 Å². The van der Waals surface area contributed by atoms with E-state index in [9.17, 15) is 13.2 Å². The lowest BCUT2D eigenvalue weighted by atomic mass is 10.3. The fraction of sp³-hybridized carbons (Fsp3) is 0.133. The zero-order valence-corrected chi connectivity index (χ0v) is 14.5. The highest BCUT2D eigenvalue weighted by Crippen LogP contribution is 2.24.